The number of hydrogen-bond donors (Lipinski definition) is 3. The van der Waals surface area contributed by atoms with E-state index in [4.69, 9.17) is 5.73 Å². The van der Waals surface area contributed by atoms with Crippen LogP contribution in [-0.2, 0) is 9.59 Å². The van der Waals surface area contributed by atoms with Gasteiger partial charge in [0.1, 0.15) is 0 Å². The summed E-state index contributed by atoms with van der Waals surface area (Å²) in [5.74, 6) is -1.30. The summed E-state index contributed by atoms with van der Waals surface area (Å²) in [6.45, 7) is 2.73. The molecule has 0 radical (unpaired) electrons. The lowest BCUT2D eigenvalue weighted by Gasteiger charge is -2.23. The number of carbonyl (C=O) groups excluding carboxylic acids is 2. The lowest BCUT2D eigenvalue weighted by molar-refractivity contribution is -0.139. The second kappa shape index (κ2) is 5.95. The second-order valence-electron chi connectivity index (χ2n) is 4.85. The van der Waals surface area contributed by atoms with E-state index >= 15 is 0 Å². The lowest BCUT2D eigenvalue weighted by Crippen LogP contribution is -2.45. The fourth-order valence-electron chi connectivity index (χ4n) is 2.03. The van der Waals surface area contributed by atoms with Gasteiger partial charge in [-0.25, -0.2) is 0 Å². The first-order valence-corrected chi connectivity index (χ1v) is 6.18. The normalized spacial score (nSPS) is 17.5. The van der Waals surface area contributed by atoms with Crippen LogP contribution in [0.4, 0.5) is 0 Å². The number of amides is 2. The summed E-state index contributed by atoms with van der Waals surface area (Å²) in [5.41, 5.74) is 5.36. The van der Waals surface area contributed by atoms with Crippen LogP contribution >= 0.6 is 12.2 Å². The minimum absolute atomic E-state index is 0.0544. The van der Waals surface area contributed by atoms with Gasteiger partial charge in [0.2, 0.25) is 0 Å². The molecule has 1 aliphatic carbocycles. The van der Waals surface area contributed by atoms with Gasteiger partial charge in [0, 0.05) is 6.54 Å². The molecule has 5 nitrogen and oxygen atoms in total. The van der Waals surface area contributed by atoms with Crippen LogP contribution in [0.25, 0.3) is 0 Å². The molecule has 0 aliphatic heterocycles. The molecule has 0 aromatic rings. The van der Waals surface area contributed by atoms with Crippen molar-refractivity contribution in [3.63, 3.8) is 0 Å². The maximum atomic E-state index is 11.4. The monoisotopic (exact) mass is 257 g/mol. The molecule has 1 saturated carbocycles. The van der Waals surface area contributed by atoms with Gasteiger partial charge in [-0.1, -0.05) is 32.0 Å². The molecule has 0 spiro atoms. The number of rotatable bonds is 4. The Morgan fingerprint density at radius 1 is 1.24 bits per heavy atom. The van der Waals surface area contributed by atoms with Gasteiger partial charge in [0.25, 0.3) is 0 Å². The van der Waals surface area contributed by atoms with Gasteiger partial charge in [0.05, 0.1) is 11.5 Å². The van der Waals surface area contributed by atoms with E-state index in [1.165, 1.54) is 12.8 Å². The maximum Gasteiger partial charge on any atom is 0.309 e. The van der Waals surface area contributed by atoms with Gasteiger partial charge in [-0.3, -0.25) is 9.59 Å². The summed E-state index contributed by atoms with van der Waals surface area (Å²) in [6, 6.07) is 0. The predicted octanol–water partition coefficient (Wildman–Crippen LogP) is 0.0852. The molecule has 0 bridgehead atoms. The quantitative estimate of drug-likeness (QED) is 0.492. The molecule has 17 heavy (non-hydrogen) atoms. The molecule has 96 valence electrons. The van der Waals surface area contributed by atoms with E-state index in [-0.39, 0.29) is 16.9 Å². The molecule has 1 fully saturated rings. The van der Waals surface area contributed by atoms with Crippen LogP contribution in [0.3, 0.4) is 0 Å². The van der Waals surface area contributed by atoms with Gasteiger partial charge in [-0.2, -0.15) is 0 Å². The van der Waals surface area contributed by atoms with Gasteiger partial charge in [0.15, 0.2) is 0 Å². The number of carbonyl (C=O) groups is 2. The van der Waals surface area contributed by atoms with Crippen molar-refractivity contribution in [3.8, 4) is 0 Å². The summed E-state index contributed by atoms with van der Waals surface area (Å²) >= 11 is 4.60. The highest BCUT2D eigenvalue weighted by Crippen LogP contribution is 2.36. The minimum atomic E-state index is -0.681. The van der Waals surface area contributed by atoms with Gasteiger partial charge in [-0.15, -0.1) is 0 Å². The van der Waals surface area contributed by atoms with E-state index in [0.717, 1.165) is 12.8 Å². The Hall–Kier alpha value is -1.17. The van der Waals surface area contributed by atoms with E-state index in [9.17, 15) is 9.59 Å². The molecule has 0 heterocycles. The Morgan fingerprint density at radius 2 is 1.76 bits per heavy atom. The zero-order chi connectivity index (χ0) is 12.9. The Labute approximate surface area is 107 Å². The Kier molecular flexibility index (Phi) is 4.86. The van der Waals surface area contributed by atoms with Gasteiger partial charge in [-0.05, 0) is 18.3 Å². The fraction of sp³-hybridized carbons (Fsp3) is 0.727. The molecule has 0 saturated heterocycles. The van der Waals surface area contributed by atoms with Crippen molar-refractivity contribution in [2.24, 2.45) is 11.1 Å². The number of nitrogens with one attached hydrogen (secondary N) is 2. The van der Waals surface area contributed by atoms with E-state index in [2.05, 4.69) is 29.8 Å². The van der Waals surface area contributed by atoms with Crippen LogP contribution in [0, 0.1) is 5.41 Å². The molecule has 2 amide bonds. The Balaban J connectivity index is 2.28. The fourth-order valence-corrected chi connectivity index (χ4v) is 2.10. The van der Waals surface area contributed by atoms with Gasteiger partial charge < -0.3 is 16.4 Å². The maximum absolute atomic E-state index is 11.4. The molecule has 1 aliphatic rings. The standard InChI is InChI=1S/C11H19N3O2S/c1-11(4-2-3-5-11)7-14-10(16)9(15)13-6-8(12)17/h2-7H2,1H3,(H2,12,17)(H,13,15)(H,14,16). The SMILES string of the molecule is CC1(CNC(=O)C(=O)NCC(N)=S)CCCC1. The summed E-state index contributed by atoms with van der Waals surface area (Å²) < 4.78 is 0. The zero-order valence-electron chi connectivity index (χ0n) is 10.0. The average molecular weight is 257 g/mol. The highest BCUT2D eigenvalue weighted by Gasteiger charge is 2.29. The predicted molar refractivity (Wildman–Crippen MR) is 69.4 cm³/mol. The van der Waals surface area contributed by atoms with Crippen molar-refractivity contribution in [3.05, 3.63) is 0 Å². The van der Waals surface area contributed by atoms with Crippen molar-refractivity contribution in [2.75, 3.05) is 13.1 Å². The van der Waals surface area contributed by atoms with Crippen LogP contribution in [0.15, 0.2) is 0 Å². The lowest BCUT2D eigenvalue weighted by atomic mass is 9.89. The third-order valence-electron chi connectivity index (χ3n) is 3.12. The van der Waals surface area contributed by atoms with E-state index in [1.807, 2.05) is 0 Å². The third kappa shape index (κ3) is 4.68. The third-order valence-corrected chi connectivity index (χ3v) is 3.26. The molecule has 1 rings (SSSR count). The van der Waals surface area contributed by atoms with Crippen LogP contribution < -0.4 is 16.4 Å². The average Bonchev–Trinajstić information content (AvgIpc) is 2.70. The molecule has 0 unspecified atom stereocenters. The molecule has 6 heteroatoms. The van der Waals surface area contributed by atoms with E-state index in [0.29, 0.717) is 6.54 Å². The Bertz CT molecular complexity index is 325. The molecular weight excluding hydrogens is 238 g/mol. The van der Waals surface area contributed by atoms with E-state index in [1.54, 1.807) is 0 Å². The smallest absolute Gasteiger partial charge is 0.309 e. The first kappa shape index (κ1) is 13.9. The topological polar surface area (TPSA) is 84.2 Å². The summed E-state index contributed by atoms with van der Waals surface area (Å²) in [6.07, 6.45) is 4.59. The molecule has 4 N–H and O–H groups in total. The van der Waals surface area contributed by atoms with Gasteiger partial charge >= 0.3 is 11.8 Å². The highest BCUT2D eigenvalue weighted by atomic mass is 32.1. The largest absolute Gasteiger partial charge is 0.392 e. The molecule has 0 atom stereocenters. The first-order chi connectivity index (χ1) is 7.93. The van der Waals surface area contributed by atoms with Crippen molar-refractivity contribution < 1.29 is 9.59 Å². The second-order valence-corrected chi connectivity index (χ2v) is 5.37. The van der Waals surface area contributed by atoms with Crippen LogP contribution in [-0.4, -0.2) is 29.9 Å². The summed E-state index contributed by atoms with van der Waals surface area (Å²) in [5, 5.41) is 5.01. The van der Waals surface area contributed by atoms with Crippen LogP contribution in [0.1, 0.15) is 32.6 Å². The highest BCUT2D eigenvalue weighted by molar-refractivity contribution is 7.80. The van der Waals surface area contributed by atoms with Crippen LogP contribution in [0.2, 0.25) is 0 Å². The first-order valence-electron chi connectivity index (χ1n) is 5.77. The van der Waals surface area contributed by atoms with Crippen LogP contribution in [0.5, 0.6) is 0 Å². The van der Waals surface area contributed by atoms with E-state index < -0.39 is 11.8 Å². The molecular formula is C11H19N3O2S. The van der Waals surface area contributed by atoms with Crippen molar-refractivity contribution in [2.45, 2.75) is 32.6 Å². The van der Waals surface area contributed by atoms with Crippen molar-refractivity contribution >= 4 is 29.0 Å². The zero-order valence-corrected chi connectivity index (χ0v) is 10.9. The number of thiocarbonyl (C=S) groups is 1. The molecule has 0 aromatic heterocycles. The summed E-state index contributed by atoms with van der Waals surface area (Å²) in [7, 11) is 0. The van der Waals surface area contributed by atoms with Crippen molar-refractivity contribution in [1.82, 2.24) is 10.6 Å². The minimum Gasteiger partial charge on any atom is -0.392 e. The van der Waals surface area contributed by atoms with Crippen molar-refractivity contribution in [1.29, 1.82) is 0 Å². The number of nitrogens with two attached hydrogens (primary N) is 1. The summed E-state index contributed by atoms with van der Waals surface area (Å²) in [4.78, 5) is 22.9. The number of hydrogen-bond acceptors (Lipinski definition) is 3. The Morgan fingerprint density at radius 3 is 2.29 bits per heavy atom. The molecule has 0 aromatic carbocycles.